The molecule has 3 rings (SSSR count). The Kier molecular flexibility index (Phi) is 4.26. The van der Waals surface area contributed by atoms with Gasteiger partial charge < -0.3 is 9.80 Å². The lowest BCUT2D eigenvalue weighted by molar-refractivity contribution is 0.0540. The summed E-state index contributed by atoms with van der Waals surface area (Å²) in [4.78, 5) is 34.2. The summed E-state index contributed by atoms with van der Waals surface area (Å²) in [5.74, 6) is 0.0956. The van der Waals surface area contributed by atoms with Gasteiger partial charge in [0.1, 0.15) is 4.88 Å². The van der Waals surface area contributed by atoms with Gasteiger partial charge in [-0.3, -0.25) is 9.59 Å². The van der Waals surface area contributed by atoms with Gasteiger partial charge in [-0.05, 0) is 25.3 Å². The van der Waals surface area contributed by atoms with Gasteiger partial charge in [0.2, 0.25) is 0 Å². The smallest absolute Gasteiger partial charge is 0.265 e. The largest absolute Gasteiger partial charge is 0.334 e. The maximum absolute atomic E-state index is 12.5. The molecule has 1 saturated heterocycles. The lowest BCUT2D eigenvalue weighted by Gasteiger charge is -2.34. The monoisotopic (exact) mass is 335 g/mol. The summed E-state index contributed by atoms with van der Waals surface area (Å²) in [6, 6.07) is 3.72. The molecule has 5 nitrogen and oxygen atoms in total. The fourth-order valence-corrected chi connectivity index (χ4v) is 4.12. The highest BCUT2D eigenvalue weighted by atomic mass is 32.1. The van der Waals surface area contributed by atoms with Crippen LogP contribution in [0.3, 0.4) is 0 Å². The molecule has 0 N–H and O–H groups in total. The first-order valence-electron chi connectivity index (χ1n) is 7.12. The van der Waals surface area contributed by atoms with E-state index in [2.05, 4.69) is 4.98 Å². The number of piperazine rings is 1. The van der Waals surface area contributed by atoms with Crippen molar-refractivity contribution in [1.82, 2.24) is 14.8 Å². The van der Waals surface area contributed by atoms with Gasteiger partial charge in [0.05, 0.1) is 15.6 Å². The average Bonchev–Trinajstić information content (AvgIpc) is 3.15. The van der Waals surface area contributed by atoms with E-state index in [0.29, 0.717) is 26.2 Å². The Hall–Kier alpha value is -1.73. The van der Waals surface area contributed by atoms with Crippen molar-refractivity contribution in [1.29, 1.82) is 0 Å². The van der Waals surface area contributed by atoms with Crippen molar-refractivity contribution >= 4 is 34.5 Å². The number of thiophene rings is 1. The molecule has 0 aliphatic carbocycles. The molecular formula is C15H17N3O2S2. The Morgan fingerprint density at radius 1 is 1.09 bits per heavy atom. The quantitative estimate of drug-likeness (QED) is 0.847. The number of thiazole rings is 1. The minimum absolute atomic E-state index is 0.0336. The number of aromatic nitrogens is 1. The Morgan fingerprint density at radius 3 is 2.23 bits per heavy atom. The standard InChI is InChI=1S/C15H17N3O2S2/c1-10-13(22-11(2)16-10)15(20)18-7-5-17(6-8-18)14(19)12-4-3-9-21-12/h3-4,9H,5-8H2,1-2H3. The van der Waals surface area contributed by atoms with Crippen molar-refractivity contribution in [2.24, 2.45) is 0 Å². The van der Waals surface area contributed by atoms with Crippen LogP contribution in [0.4, 0.5) is 0 Å². The van der Waals surface area contributed by atoms with Crippen molar-refractivity contribution in [3.8, 4) is 0 Å². The van der Waals surface area contributed by atoms with Crippen molar-refractivity contribution in [2.75, 3.05) is 26.2 Å². The van der Waals surface area contributed by atoms with Gasteiger partial charge in [-0.1, -0.05) is 6.07 Å². The summed E-state index contributed by atoms with van der Waals surface area (Å²) in [6.07, 6.45) is 0. The summed E-state index contributed by atoms with van der Waals surface area (Å²) < 4.78 is 0. The van der Waals surface area contributed by atoms with E-state index in [1.165, 1.54) is 22.7 Å². The Bertz CT molecular complexity index is 686. The summed E-state index contributed by atoms with van der Waals surface area (Å²) in [5, 5.41) is 2.81. The highest BCUT2D eigenvalue weighted by Gasteiger charge is 2.27. The van der Waals surface area contributed by atoms with Gasteiger partial charge in [-0.2, -0.15) is 0 Å². The second-order valence-corrected chi connectivity index (χ2v) is 7.36. The number of hydrogen-bond acceptors (Lipinski definition) is 5. The summed E-state index contributed by atoms with van der Waals surface area (Å²) >= 11 is 2.90. The lowest BCUT2D eigenvalue weighted by Crippen LogP contribution is -2.50. The third-order valence-corrected chi connectivity index (χ3v) is 5.60. The molecule has 0 aromatic carbocycles. The molecule has 2 aromatic heterocycles. The highest BCUT2D eigenvalue weighted by Crippen LogP contribution is 2.20. The van der Waals surface area contributed by atoms with Crippen LogP contribution in [0.25, 0.3) is 0 Å². The Balaban J connectivity index is 1.63. The van der Waals surface area contributed by atoms with Gasteiger partial charge in [-0.25, -0.2) is 4.98 Å². The molecule has 0 spiro atoms. The molecule has 0 unspecified atom stereocenters. The Morgan fingerprint density at radius 2 is 1.73 bits per heavy atom. The fraction of sp³-hybridized carbons (Fsp3) is 0.400. The van der Waals surface area contributed by atoms with Gasteiger partial charge in [0.25, 0.3) is 11.8 Å². The molecule has 2 aromatic rings. The normalized spacial score (nSPS) is 15.2. The van der Waals surface area contributed by atoms with Crippen molar-refractivity contribution < 1.29 is 9.59 Å². The molecule has 116 valence electrons. The van der Waals surface area contributed by atoms with E-state index in [4.69, 9.17) is 0 Å². The van der Waals surface area contributed by atoms with Crippen molar-refractivity contribution in [2.45, 2.75) is 13.8 Å². The van der Waals surface area contributed by atoms with Crippen LogP contribution in [0, 0.1) is 13.8 Å². The first-order chi connectivity index (χ1) is 10.6. The molecule has 1 fully saturated rings. The number of amides is 2. The molecule has 0 radical (unpaired) electrons. The third-order valence-electron chi connectivity index (χ3n) is 3.68. The van der Waals surface area contributed by atoms with E-state index in [1.54, 1.807) is 0 Å². The van der Waals surface area contributed by atoms with Gasteiger partial charge in [0, 0.05) is 26.2 Å². The van der Waals surface area contributed by atoms with Crippen molar-refractivity contribution in [3.05, 3.63) is 38.0 Å². The van der Waals surface area contributed by atoms with Crippen LogP contribution >= 0.6 is 22.7 Å². The number of aryl methyl sites for hydroxylation is 2. The molecule has 2 amide bonds. The number of carbonyl (C=O) groups excluding carboxylic acids is 2. The van der Waals surface area contributed by atoms with Gasteiger partial charge in [0.15, 0.2) is 0 Å². The second kappa shape index (κ2) is 6.18. The van der Waals surface area contributed by atoms with Crippen LogP contribution < -0.4 is 0 Å². The number of rotatable bonds is 2. The summed E-state index contributed by atoms with van der Waals surface area (Å²) in [6.45, 7) is 6.09. The second-order valence-electron chi connectivity index (χ2n) is 5.21. The molecule has 7 heteroatoms. The average molecular weight is 335 g/mol. The maximum Gasteiger partial charge on any atom is 0.265 e. The van der Waals surface area contributed by atoms with Crippen molar-refractivity contribution in [3.63, 3.8) is 0 Å². The first-order valence-corrected chi connectivity index (χ1v) is 8.82. The van der Waals surface area contributed by atoms with Crippen LogP contribution in [0.15, 0.2) is 17.5 Å². The molecule has 22 heavy (non-hydrogen) atoms. The zero-order valence-electron chi connectivity index (χ0n) is 12.5. The molecule has 0 saturated carbocycles. The topological polar surface area (TPSA) is 53.5 Å². The summed E-state index contributed by atoms with van der Waals surface area (Å²) in [7, 11) is 0. The zero-order chi connectivity index (χ0) is 15.7. The zero-order valence-corrected chi connectivity index (χ0v) is 14.2. The molecule has 1 aliphatic rings. The predicted molar refractivity (Wildman–Crippen MR) is 87.7 cm³/mol. The van der Waals surface area contributed by atoms with E-state index in [9.17, 15) is 9.59 Å². The van der Waals surface area contributed by atoms with E-state index in [-0.39, 0.29) is 11.8 Å². The van der Waals surface area contributed by atoms with Crippen LogP contribution in [0.1, 0.15) is 30.0 Å². The Labute approximate surface area is 137 Å². The van der Waals surface area contributed by atoms with Gasteiger partial charge in [-0.15, -0.1) is 22.7 Å². The van der Waals surface area contributed by atoms with E-state index >= 15 is 0 Å². The minimum atomic E-state index is 0.0336. The predicted octanol–water partition coefficient (Wildman–Crippen LogP) is 2.42. The highest BCUT2D eigenvalue weighted by molar-refractivity contribution is 7.13. The number of hydrogen-bond donors (Lipinski definition) is 0. The van der Waals surface area contributed by atoms with Crippen LogP contribution in [-0.2, 0) is 0 Å². The van der Waals surface area contributed by atoms with Crippen LogP contribution in [-0.4, -0.2) is 52.8 Å². The lowest BCUT2D eigenvalue weighted by atomic mass is 10.2. The third kappa shape index (κ3) is 2.91. The first kappa shape index (κ1) is 15.2. The molecule has 0 bridgehead atoms. The minimum Gasteiger partial charge on any atom is -0.334 e. The van der Waals surface area contributed by atoms with Gasteiger partial charge >= 0.3 is 0 Å². The van der Waals surface area contributed by atoms with Crippen LogP contribution in [0.2, 0.25) is 0 Å². The fourth-order valence-electron chi connectivity index (χ4n) is 2.54. The molecule has 0 atom stereocenters. The van der Waals surface area contributed by atoms with E-state index in [1.807, 2.05) is 41.2 Å². The number of carbonyl (C=O) groups is 2. The van der Waals surface area contributed by atoms with E-state index < -0.39 is 0 Å². The molecular weight excluding hydrogens is 318 g/mol. The van der Waals surface area contributed by atoms with Crippen LogP contribution in [0.5, 0.6) is 0 Å². The van der Waals surface area contributed by atoms with E-state index in [0.717, 1.165) is 20.5 Å². The molecule has 1 aliphatic heterocycles. The summed E-state index contributed by atoms with van der Waals surface area (Å²) in [5.41, 5.74) is 0.796. The number of nitrogens with zero attached hydrogens (tertiary/aromatic N) is 3. The maximum atomic E-state index is 12.5. The molecule has 3 heterocycles. The SMILES string of the molecule is Cc1nc(C)c(C(=O)N2CCN(C(=O)c3cccs3)CC2)s1.